The van der Waals surface area contributed by atoms with Gasteiger partial charge in [0.1, 0.15) is 11.6 Å². The molecule has 2 aromatic carbocycles. The Hall–Kier alpha value is -2.29. The highest BCUT2D eigenvalue weighted by Crippen LogP contribution is 2.16. The number of carbonyl (C=O) groups excluding carboxylic acids is 1. The zero-order chi connectivity index (χ0) is 14.7. The highest BCUT2D eigenvalue weighted by molar-refractivity contribution is 6.07. The van der Waals surface area contributed by atoms with E-state index in [9.17, 15) is 13.6 Å². The first-order chi connectivity index (χ1) is 9.49. The van der Waals surface area contributed by atoms with Crippen molar-refractivity contribution < 1.29 is 13.6 Å². The summed E-state index contributed by atoms with van der Waals surface area (Å²) in [6, 6.07) is 9.14. The van der Waals surface area contributed by atoms with Gasteiger partial charge < -0.3 is 0 Å². The van der Waals surface area contributed by atoms with E-state index in [2.05, 4.69) is 0 Å². The second-order valence-electron chi connectivity index (χ2n) is 4.65. The molecule has 0 aliphatic heterocycles. The molecule has 0 heterocycles. The van der Waals surface area contributed by atoms with Crippen molar-refractivity contribution in [2.45, 2.75) is 13.8 Å². The molecule has 0 spiro atoms. The molecule has 20 heavy (non-hydrogen) atoms. The van der Waals surface area contributed by atoms with Crippen LogP contribution in [0, 0.1) is 25.5 Å². The number of hydrogen-bond acceptors (Lipinski definition) is 1. The Labute approximate surface area is 116 Å². The van der Waals surface area contributed by atoms with Gasteiger partial charge in [0.2, 0.25) is 0 Å². The molecule has 2 aromatic rings. The third-order valence-electron chi connectivity index (χ3n) is 3.05. The zero-order valence-electron chi connectivity index (χ0n) is 11.3. The van der Waals surface area contributed by atoms with Gasteiger partial charge in [-0.1, -0.05) is 35.9 Å². The Bertz CT molecular complexity index is 667. The molecule has 0 amide bonds. The average molecular weight is 272 g/mol. The van der Waals surface area contributed by atoms with Gasteiger partial charge in [0.25, 0.3) is 0 Å². The first kappa shape index (κ1) is 14.1. The van der Waals surface area contributed by atoms with Gasteiger partial charge in [-0.05, 0) is 43.2 Å². The smallest absolute Gasteiger partial charge is 0.191 e. The molecule has 0 aromatic heterocycles. The third-order valence-corrected chi connectivity index (χ3v) is 3.05. The third kappa shape index (κ3) is 2.99. The van der Waals surface area contributed by atoms with Crippen molar-refractivity contribution in [3.05, 3.63) is 76.4 Å². The van der Waals surface area contributed by atoms with Gasteiger partial charge in [0.05, 0.1) is 5.56 Å². The summed E-state index contributed by atoms with van der Waals surface area (Å²) in [5.74, 6) is -2.37. The van der Waals surface area contributed by atoms with Crippen molar-refractivity contribution in [3.8, 4) is 0 Å². The monoisotopic (exact) mass is 272 g/mol. The van der Waals surface area contributed by atoms with Crippen LogP contribution in [0.2, 0.25) is 0 Å². The lowest BCUT2D eigenvalue weighted by molar-refractivity contribution is 0.104. The van der Waals surface area contributed by atoms with E-state index in [-0.39, 0.29) is 0 Å². The Morgan fingerprint density at radius 1 is 1.05 bits per heavy atom. The van der Waals surface area contributed by atoms with Crippen molar-refractivity contribution in [1.82, 2.24) is 0 Å². The van der Waals surface area contributed by atoms with Gasteiger partial charge in [0.15, 0.2) is 5.78 Å². The highest BCUT2D eigenvalue weighted by Gasteiger charge is 2.14. The van der Waals surface area contributed by atoms with Gasteiger partial charge in [0, 0.05) is 0 Å². The van der Waals surface area contributed by atoms with E-state index in [0.717, 1.165) is 28.8 Å². The van der Waals surface area contributed by atoms with Gasteiger partial charge in [-0.3, -0.25) is 4.79 Å². The lowest BCUT2D eigenvalue weighted by Gasteiger charge is -2.02. The first-order valence-electron chi connectivity index (χ1n) is 6.22. The summed E-state index contributed by atoms with van der Waals surface area (Å²) in [6.45, 7) is 3.89. The van der Waals surface area contributed by atoms with Crippen LogP contribution < -0.4 is 0 Å². The summed E-state index contributed by atoms with van der Waals surface area (Å²) in [7, 11) is 0. The van der Waals surface area contributed by atoms with Crippen LogP contribution in [0.3, 0.4) is 0 Å². The summed E-state index contributed by atoms with van der Waals surface area (Å²) < 4.78 is 26.9. The predicted octanol–water partition coefficient (Wildman–Crippen LogP) is 4.48. The minimum absolute atomic E-state index is 0.520. The van der Waals surface area contributed by atoms with Crippen LogP contribution in [-0.2, 0) is 0 Å². The number of benzene rings is 2. The lowest BCUT2D eigenvalue weighted by atomic mass is 10.0. The summed E-state index contributed by atoms with van der Waals surface area (Å²) in [5, 5.41) is 0. The minimum atomic E-state index is -0.847. The average Bonchev–Trinajstić information content (AvgIpc) is 2.37. The van der Waals surface area contributed by atoms with E-state index < -0.39 is 23.0 Å². The molecule has 102 valence electrons. The van der Waals surface area contributed by atoms with Crippen LogP contribution >= 0.6 is 0 Å². The lowest BCUT2D eigenvalue weighted by Crippen LogP contribution is -2.02. The quantitative estimate of drug-likeness (QED) is 0.595. The molecule has 1 nitrogen and oxygen atoms in total. The number of allylic oxidation sites excluding steroid dienone is 1. The number of ketones is 1. The van der Waals surface area contributed by atoms with Crippen molar-refractivity contribution >= 4 is 11.9 Å². The number of carbonyl (C=O) groups is 1. The van der Waals surface area contributed by atoms with Gasteiger partial charge in [-0.2, -0.15) is 0 Å². The fourth-order valence-corrected chi connectivity index (χ4v) is 1.99. The van der Waals surface area contributed by atoms with Crippen LogP contribution in [0.1, 0.15) is 27.0 Å². The molecule has 0 aliphatic rings. The topological polar surface area (TPSA) is 17.1 Å². The molecule has 3 heteroatoms. The molecule has 0 fully saturated rings. The molecule has 0 N–H and O–H groups in total. The standard InChI is InChI=1S/C17H14F2O/c1-11-6-7-13(12(2)10-11)8-9-16(20)17-14(18)4-3-5-15(17)19/h3-10H,1-2H3/b9-8+. The number of rotatable bonds is 3. The number of aryl methyl sites for hydroxylation is 2. The number of halogens is 2. The van der Waals surface area contributed by atoms with Crippen molar-refractivity contribution in [3.63, 3.8) is 0 Å². The molecule has 0 saturated heterocycles. The van der Waals surface area contributed by atoms with Crippen molar-refractivity contribution in [2.75, 3.05) is 0 Å². The van der Waals surface area contributed by atoms with E-state index in [1.807, 2.05) is 32.0 Å². The van der Waals surface area contributed by atoms with E-state index >= 15 is 0 Å². The second-order valence-corrected chi connectivity index (χ2v) is 4.65. The summed E-state index contributed by atoms with van der Waals surface area (Å²) in [6.07, 6.45) is 2.77. The number of hydrogen-bond donors (Lipinski definition) is 0. The first-order valence-corrected chi connectivity index (χ1v) is 6.22. The molecular formula is C17H14F2O. The SMILES string of the molecule is Cc1ccc(/C=C/C(=O)c2c(F)cccc2F)c(C)c1. The summed E-state index contributed by atoms with van der Waals surface area (Å²) in [5.41, 5.74) is 2.45. The van der Waals surface area contributed by atoms with Gasteiger partial charge in [-0.25, -0.2) is 8.78 Å². The van der Waals surface area contributed by atoms with Gasteiger partial charge in [-0.15, -0.1) is 0 Å². The maximum atomic E-state index is 13.5. The Morgan fingerprint density at radius 3 is 2.30 bits per heavy atom. The van der Waals surface area contributed by atoms with Crippen LogP contribution in [-0.4, -0.2) is 5.78 Å². The Kier molecular flexibility index (Phi) is 4.08. The summed E-state index contributed by atoms with van der Waals surface area (Å²) in [4.78, 5) is 11.9. The van der Waals surface area contributed by atoms with Crippen LogP contribution in [0.5, 0.6) is 0 Å². The predicted molar refractivity (Wildman–Crippen MR) is 75.6 cm³/mol. The molecule has 0 radical (unpaired) electrons. The van der Waals surface area contributed by atoms with Gasteiger partial charge >= 0.3 is 0 Å². The van der Waals surface area contributed by atoms with Crippen LogP contribution in [0.25, 0.3) is 6.08 Å². The highest BCUT2D eigenvalue weighted by atomic mass is 19.1. The van der Waals surface area contributed by atoms with E-state index in [1.165, 1.54) is 12.1 Å². The fourth-order valence-electron chi connectivity index (χ4n) is 1.99. The van der Waals surface area contributed by atoms with Crippen molar-refractivity contribution in [1.29, 1.82) is 0 Å². The van der Waals surface area contributed by atoms with Crippen LogP contribution in [0.15, 0.2) is 42.5 Å². The molecule has 0 bridgehead atoms. The Balaban J connectivity index is 2.30. The molecule has 2 rings (SSSR count). The zero-order valence-corrected chi connectivity index (χ0v) is 11.3. The van der Waals surface area contributed by atoms with Crippen molar-refractivity contribution in [2.24, 2.45) is 0 Å². The van der Waals surface area contributed by atoms with Crippen LogP contribution in [0.4, 0.5) is 8.78 Å². The molecular weight excluding hydrogens is 258 g/mol. The second kappa shape index (κ2) is 5.78. The Morgan fingerprint density at radius 2 is 1.70 bits per heavy atom. The van der Waals surface area contributed by atoms with E-state index in [1.54, 1.807) is 6.08 Å². The normalized spacial score (nSPS) is 11.0. The molecule has 0 saturated carbocycles. The van der Waals surface area contributed by atoms with E-state index in [0.29, 0.717) is 0 Å². The molecule has 0 atom stereocenters. The fraction of sp³-hybridized carbons (Fsp3) is 0.118. The molecule has 0 unspecified atom stereocenters. The maximum absolute atomic E-state index is 13.5. The summed E-state index contributed by atoms with van der Waals surface area (Å²) >= 11 is 0. The maximum Gasteiger partial charge on any atom is 0.191 e. The largest absolute Gasteiger partial charge is 0.289 e. The van der Waals surface area contributed by atoms with E-state index in [4.69, 9.17) is 0 Å². The minimum Gasteiger partial charge on any atom is -0.289 e. The molecule has 0 aliphatic carbocycles.